The van der Waals surface area contributed by atoms with E-state index in [0.717, 1.165) is 29.0 Å². The molecule has 0 radical (unpaired) electrons. The standard InChI is InChI=1S/C22H23ClF3N5O/c1-12(2)31-11-14(10-19(31)20-29-17-5-3-4-6-18(17)30-20)28-21(32)27-13-7-8-16(23)15(9-13)22(24,25)26/h3-9,12,14,19H,10-11H2,1-2H3,(H,29,30)(H2,27,28,32)/t14-,19+/m1/s1. The molecule has 0 bridgehead atoms. The molecule has 1 aliphatic heterocycles. The molecule has 2 atom stereocenters. The van der Waals surface area contributed by atoms with Crippen molar-refractivity contribution in [3.8, 4) is 0 Å². The van der Waals surface area contributed by atoms with Gasteiger partial charge in [0.25, 0.3) is 0 Å². The first-order valence-corrected chi connectivity index (χ1v) is 10.6. The Bertz CT molecular complexity index is 1100. The number of alkyl halides is 3. The zero-order valence-electron chi connectivity index (χ0n) is 17.5. The highest BCUT2D eigenvalue weighted by Gasteiger charge is 2.37. The number of hydrogen-bond acceptors (Lipinski definition) is 3. The Kier molecular flexibility index (Phi) is 6.05. The van der Waals surface area contributed by atoms with Crippen molar-refractivity contribution in [1.29, 1.82) is 0 Å². The van der Waals surface area contributed by atoms with Gasteiger partial charge in [0, 0.05) is 24.3 Å². The van der Waals surface area contributed by atoms with Gasteiger partial charge >= 0.3 is 12.2 Å². The third-order valence-electron chi connectivity index (χ3n) is 5.59. The Morgan fingerprint density at radius 2 is 2.00 bits per heavy atom. The summed E-state index contributed by atoms with van der Waals surface area (Å²) < 4.78 is 39.2. The van der Waals surface area contributed by atoms with Gasteiger partial charge in [-0.3, -0.25) is 4.90 Å². The molecule has 170 valence electrons. The first-order chi connectivity index (χ1) is 15.1. The minimum Gasteiger partial charge on any atom is -0.341 e. The largest absolute Gasteiger partial charge is 0.417 e. The Labute approximate surface area is 188 Å². The van der Waals surface area contributed by atoms with Crippen LogP contribution in [0.4, 0.5) is 23.7 Å². The van der Waals surface area contributed by atoms with Gasteiger partial charge in [0.15, 0.2) is 0 Å². The number of carbonyl (C=O) groups is 1. The molecule has 0 unspecified atom stereocenters. The van der Waals surface area contributed by atoms with E-state index < -0.39 is 22.8 Å². The molecule has 1 aliphatic rings. The van der Waals surface area contributed by atoms with Gasteiger partial charge in [-0.05, 0) is 50.6 Å². The highest BCUT2D eigenvalue weighted by molar-refractivity contribution is 6.31. The molecule has 32 heavy (non-hydrogen) atoms. The van der Waals surface area contributed by atoms with E-state index in [9.17, 15) is 18.0 Å². The zero-order chi connectivity index (χ0) is 23.0. The second-order valence-electron chi connectivity index (χ2n) is 8.17. The van der Waals surface area contributed by atoms with E-state index in [4.69, 9.17) is 16.6 Å². The minimum atomic E-state index is -4.60. The minimum absolute atomic E-state index is 0.0138. The van der Waals surface area contributed by atoms with Crippen molar-refractivity contribution < 1.29 is 18.0 Å². The number of H-pyrrole nitrogens is 1. The fraction of sp³-hybridized carbons (Fsp3) is 0.364. The summed E-state index contributed by atoms with van der Waals surface area (Å²) in [4.78, 5) is 22.8. The van der Waals surface area contributed by atoms with Crippen molar-refractivity contribution in [1.82, 2.24) is 20.2 Å². The number of aromatic amines is 1. The van der Waals surface area contributed by atoms with Crippen LogP contribution in [0.2, 0.25) is 5.02 Å². The normalized spacial score (nSPS) is 19.6. The summed E-state index contributed by atoms with van der Waals surface area (Å²) in [6.07, 6.45) is -3.98. The molecule has 10 heteroatoms. The monoisotopic (exact) mass is 465 g/mol. The molecule has 0 spiro atoms. The molecule has 1 saturated heterocycles. The van der Waals surface area contributed by atoms with E-state index in [1.54, 1.807) is 0 Å². The second-order valence-corrected chi connectivity index (χ2v) is 8.58. The quantitative estimate of drug-likeness (QED) is 0.471. The topological polar surface area (TPSA) is 73.1 Å². The van der Waals surface area contributed by atoms with Gasteiger partial charge in [-0.1, -0.05) is 23.7 Å². The van der Waals surface area contributed by atoms with Crippen LogP contribution in [0, 0.1) is 0 Å². The van der Waals surface area contributed by atoms with Crippen LogP contribution in [0.3, 0.4) is 0 Å². The fourth-order valence-electron chi connectivity index (χ4n) is 4.11. The lowest BCUT2D eigenvalue weighted by Crippen LogP contribution is -2.40. The average Bonchev–Trinajstić information content (AvgIpc) is 3.32. The number of anilines is 1. The molecule has 2 heterocycles. The molecular formula is C22H23ClF3N5O. The van der Waals surface area contributed by atoms with Crippen molar-refractivity contribution in [3.05, 3.63) is 58.9 Å². The van der Waals surface area contributed by atoms with Crippen LogP contribution in [-0.2, 0) is 6.18 Å². The SMILES string of the molecule is CC(C)N1C[C@H](NC(=O)Nc2ccc(Cl)c(C(F)(F)F)c2)C[C@H]1c1nc2ccccc2[nH]1. The van der Waals surface area contributed by atoms with E-state index in [-0.39, 0.29) is 23.8 Å². The first kappa shape index (κ1) is 22.4. The third-order valence-corrected chi connectivity index (χ3v) is 5.92. The third kappa shape index (κ3) is 4.68. The van der Waals surface area contributed by atoms with E-state index >= 15 is 0 Å². The van der Waals surface area contributed by atoms with Gasteiger partial charge in [-0.25, -0.2) is 9.78 Å². The van der Waals surface area contributed by atoms with Crippen LogP contribution in [0.1, 0.15) is 37.7 Å². The molecule has 0 saturated carbocycles. The number of fused-ring (bicyclic) bond motifs is 1. The summed E-state index contributed by atoms with van der Waals surface area (Å²) in [5.41, 5.74) is 0.854. The predicted molar refractivity (Wildman–Crippen MR) is 118 cm³/mol. The maximum absolute atomic E-state index is 13.1. The Morgan fingerprint density at radius 3 is 2.69 bits per heavy atom. The number of nitrogens with one attached hydrogen (secondary N) is 3. The van der Waals surface area contributed by atoms with Gasteiger partial charge in [-0.2, -0.15) is 13.2 Å². The maximum atomic E-state index is 13.1. The van der Waals surface area contributed by atoms with Gasteiger partial charge in [0.1, 0.15) is 5.82 Å². The van der Waals surface area contributed by atoms with E-state index in [1.165, 1.54) is 6.07 Å². The summed E-state index contributed by atoms with van der Waals surface area (Å²) in [5.74, 6) is 0.831. The number of benzene rings is 2. The lowest BCUT2D eigenvalue weighted by atomic mass is 10.1. The van der Waals surface area contributed by atoms with E-state index in [0.29, 0.717) is 13.0 Å². The highest BCUT2D eigenvalue weighted by atomic mass is 35.5. The summed E-state index contributed by atoms with van der Waals surface area (Å²) in [6.45, 7) is 4.75. The van der Waals surface area contributed by atoms with Gasteiger partial charge in [0.2, 0.25) is 0 Å². The number of likely N-dealkylation sites (tertiary alicyclic amines) is 1. The van der Waals surface area contributed by atoms with Crippen LogP contribution >= 0.6 is 11.6 Å². The zero-order valence-corrected chi connectivity index (χ0v) is 18.3. The summed E-state index contributed by atoms with van der Waals surface area (Å²) in [6, 6.07) is 10.5. The van der Waals surface area contributed by atoms with Crippen LogP contribution in [0.25, 0.3) is 11.0 Å². The molecule has 2 amide bonds. The number of rotatable bonds is 4. The van der Waals surface area contributed by atoms with E-state index in [1.807, 2.05) is 24.3 Å². The predicted octanol–water partition coefficient (Wildman–Crippen LogP) is 5.58. The molecule has 3 N–H and O–H groups in total. The molecule has 0 aliphatic carbocycles. The Balaban J connectivity index is 1.46. The molecule has 4 rings (SSSR count). The van der Waals surface area contributed by atoms with Crippen LogP contribution in [0.5, 0.6) is 0 Å². The Morgan fingerprint density at radius 1 is 1.25 bits per heavy atom. The smallest absolute Gasteiger partial charge is 0.341 e. The van der Waals surface area contributed by atoms with Crippen molar-refractivity contribution in [2.45, 2.75) is 44.6 Å². The van der Waals surface area contributed by atoms with Crippen molar-refractivity contribution >= 4 is 34.4 Å². The number of hydrogen-bond donors (Lipinski definition) is 3. The maximum Gasteiger partial charge on any atom is 0.417 e. The summed E-state index contributed by atoms with van der Waals surface area (Å²) >= 11 is 5.64. The fourth-order valence-corrected chi connectivity index (χ4v) is 4.33. The van der Waals surface area contributed by atoms with Crippen LogP contribution in [0.15, 0.2) is 42.5 Å². The summed E-state index contributed by atoms with van der Waals surface area (Å²) in [7, 11) is 0. The Hall–Kier alpha value is -2.78. The lowest BCUT2D eigenvalue weighted by Gasteiger charge is -2.26. The second kappa shape index (κ2) is 8.63. The molecular weight excluding hydrogens is 443 g/mol. The highest BCUT2D eigenvalue weighted by Crippen LogP contribution is 2.36. The number of imidazole rings is 1. The van der Waals surface area contributed by atoms with Gasteiger partial charge < -0.3 is 15.6 Å². The van der Waals surface area contributed by atoms with Crippen molar-refractivity contribution in [2.75, 3.05) is 11.9 Å². The molecule has 2 aromatic carbocycles. The number of aromatic nitrogens is 2. The number of carbonyl (C=O) groups excluding carboxylic acids is 1. The number of halogens is 4. The lowest BCUT2D eigenvalue weighted by molar-refractivity contribution is -0.137. The number of amides is 2. The van der Waals surface area contributed by atoms with Gasteiger partial charge in [0.05, 0.1) is 27.7 Å². The number of nitrogens with zero attached hydrogens (tertiary/aromatic N) is 2. The molecule has 1 fully saturated rings. The van der Waals surface area contributed by atoms with E-state index in [2.05, 4.69) is 34.4 Å². The van der Waals surface area contributed by atoms with Crippen molar-refractivity contribution in [2.24, 2.45) is 0 Å². The van der Waals surface area contributed by atoms with Gasteiger partial charge in [-0.15, -0.1) is 0 Å². The molecule has 3 aromatic rings. The van der Waals surface area contributed by atoms with Crippen molar-refractivity contribution in [3.63, 3.8) is 0 Å². The van der Waals surface area contributed by atoms with Crippen LogP contribution < -0.4 is 10.6 Å². The average molecular weight is 466 g/mol. The number of urea groups is 1. The summed E-state index contributed by atoms with van der Waals surface area (Å²) in [5, 5.41) is 4.93. The molecule has 6 nitrogen and oxygen atoms in total. The van der Waals surface area contributed by atoms with Crippen LogP contribution in [-0.4, -0.2) is 39.5 Å². The number of para-hydroxylation sites is 2. The molecule has 1 aromatic heterocycles. The first-order valence-electron chi connectivity index (χ1n) is 10.3.